The fraction of sp³-hybridized carbons (Fsp3) is 0.917. The molecule has 0 fully saturated rings. The van der Waals surface area contributed by atoms with E-state index in [4.69, 9.17) is 9.84 Å². The Morgan fingerprint density at radius 1 is 1.31 bits per heavy atom. The molecule has 0 rings (SSSR count). The number of likely N-dealkylation sites (N-methyl/N-ethyl adjacent to an activating group) is 1. The van der Waals surface area contributed by atoms with Crippen LogP contribution in [0.25, 0.3) is 0 Å². The van der Waals surface area contributed by atoms with Gasteiger partial charge < -0.3 is 14.3 Å². The number of carboxylic acid groups (broad SMARTS) is 1. The SMILES string of the molecule is CCCCCO[C@@H](CC(=O)O)C[N+](C)(C)C. The zero-order valence-electron chi connectivity index (χ0n) is 11.0. The molecule has 0 aliphatic carbocycles. The van der Waals surface area contributed by atoms with E-state index in [1.807, 2.05) is 21.1 Å². The van der Waals surface area contributed by atoms with Crippen molar-refractivity contribution in [2.75, 3.05) is 34.3 Å². The predicted octanol–water partition coefficient (Wildman–Crippen LogP) is 1.74. The third-order valence-corrected chi connectivity index (χ3v) is 2.26. The minimum atomic E-state index is -0.783. The maximum Gasteiger partial charge on any atom is 0.306 e. The van der Waals surface area contributed by atoms with Gasteiger partial charge in [0, 0.05) is 6.61 Å². The third-order valence-electron chi connectivity index (χ3n) is 2.26. The van der Waals surface area contributed by atoms with Crippen LogP contribution in [0.2, 0.25) is 0 Å². The summed E-state index contributed by atoms with van der Waals surface area (Å²) >= 11 is 0. The second kappa shape index (κ2) is 7.63. The number of unbranched alkanes of at least 4 members (excludes halogenated alkanes) is 2. The summed E-state index contributed by atoms with van der Waals surface area (Å²) < 4.78 is 6.36. The molecule has 1 N–H and O–H groups in total. The summed E-state index contributed by atoms with van der Waals surface area (Å²) in [5.41, 5.74) is 0. The molecular formula is C12H26NO3+. The van der Waals surface area contributed by atoms with Crippen molar-refractivity contribution >= 4 is 5.97 Å². The van der Waals surface area contributed by atoms with Crippen LogP contribution in [0, 0.1) is 0 Å². The summed E-state index contributed by atoms with van der Waals surface area (Å²) in [6, 6.07) is 0. The van der Waals surface area contributed by atoms with Crippen molar-refractivity contribution < 1.29 is 19.1 Å². The molecule has 0 saturated heterocycles. The van der Waals surface area contributed by atoms with Crippen LogP contribution in [0.3, 0.4) is 0 Å². The first kappa shape index (κ1) is 15.4. The van der Waals surface area contributed by atoms with Gasteiger partial charge in [0.25, 0.3) is 0 Å². The normalized spacial score (nSPS) is 13.8. The van der Waals surface area contributed by atoms with Crippen molar-refractivity contribution in [2.24, 2.45) is 0 Å². The molecule has 0 unspecified atom stereocenters. The Bertz CT molecular complexity index is 199. The molecule has 0 aliphatic heterocycles. The highest BCUT2D eigenvalue weighted by molar-refractivity contribution is 5.67. The van der Waals surface area contributed by atoms with Gasteiger partial charge in [-0.3, -0.25) is 4.79 Å². The van der Waals surface area contributed by atoms with Gasteiger partial charge in [-0.15, -0.1) is 0 Å². The first-order valence-corrected chi connectivity index (χ1v) is 5.99. The Morgan fingerprint density at radius 2 is 1.94 bits per heavy atom. The van der Waals surface area contributed by atoms with Crippen molar-refractivity contribution in [3.05, 3.63) is 0 Å². The van der Waals surface area contributed by atoms with Crippen molar-refractivity contribution in [2.45, 2.75) is 38.7 Å². The number of nitrogens with zero attached hydrogens (tertiary/aromatic N) is 1. The van der Waals surface area contributed by atoms with Crippen LogP contribution in [-0.2, 0) is 9.53 Å². The van der Waals surface area contributed by atoms with Crippen molar-refractivity contribution in [3.8, 4) is 0 Å². The first-order chi connectivity index (χ1) is 7.35. The molecule has 1 atom stereocenters. The van der Waals surface area contributed by atoms with Crippen molar-refractivity contribution in [1.29, 1.82) is 0 Å². The monoisotopic (exact) mass is 232 g/mol. The highest BCUT2D eigenvalue weighted by Crippen LogP contribution is 2.06. The average Bonchev–Trinajstić information content (AvgIpc) is 2.08. The summed E-state index contributed by atoms with van der Waals surface area (Å²) in [6.45, 7) is 3.55. The molecule has 0 saturated carbocycles. The third kappa shape index (κ3) is 9.93. The maximum atomic E-state index is 10.7. The van der Waals surface area contributed by atoms with Crippen LogP contribution in [-0.4, -0.2) is 56.0 Å². The van der Waals surface area contributed by atoms with E-state index in [-0.39, 0.29) is 12.5 Å². The van der Waals surface area contributed by atoms with Gasteiger partial charge >= 0.3 is 5.97 Å². The first-order valence-electron chi connectivity index (χ1n) is 5.99. The van der Waals surface area contributed by atoms with E-state index in [1.165, 1.54) is 0 Å². The van der Waals surface area contributed by atoms with E-state index in [9.17, 15) is 4.79 Å². The lowest BCUT2D eigenvalue weighted by Gasteiger charge is -2.28. The van der Waals surface area contributed by atoms with Crippen LogP contribution in [0.5, 0.6) is 0 Å². The molecule has 0 aromatic rings. The van der Waals surface area contributed by atoms with Gasteiger partial charge in [-0.05, 0) is 6.42 Å². The van der Waals surface area contributed by atoms with Crippen LogP contribution in [0.4, 0.5) is 0 Å². The Labute approximate surface area is 98.8 Å². The minimum absolute atomic E-state index is 0.0989. The molecule has 0 amide bonds. The van der Waals surface area contributed by atoms with E-state index in [1.54, 1.807) is 0 Å². The second-order valence-corrected chi connectivity index (χ2v) is 5.27. The number of hydrogen-bond donors (Lipinski definition) is 1. The van der Waals surface area contributed by atoms with Gasteiger partial charge in [0.05, 0.1) is 27.6 Å². The van der Waals surface area contributed by atoms with E-state index in [2.05, 4.69) is 6.92 Å². The van der Waals surface area contributed by atoms with Crippen molar-refractivity contribution in [3.63, 3.8) is 0 Å². The molecule has 4 heteroatoms. The van der Waals surface area contributed by atoms with Gasteiger partial charge in [-0.25, -0.2) is 0 Å². The summed E-state index contributed by atoms with van der Waals surface area (Å²) in [7, 11) is 6.14. The smallest absolute Gasteiger partial charge is 0.306 e. The number of carbonyl (C=O) groups is 1. The topological polar surface area (TPSA) is 46.5 Å². The number of hydrogen-bond acceptors (Lipinski definition) is 2. The molecule has 96 valence electrons. The van der Waals surface area contributed by atoms with E-state index >= 15 is 0 Å². The molecule has 0 heterocycles. The van der Waals surface area contributed by atoms with Crippen LogP contribution in [0.1, 0.15) is 32.6 Å². The maximum absolute atomic E-state index is 10.7. The van der Waals surface area contributed by atoms with Gasteiger partial charge in [-0.2, -0.15) is 0 Å². The van der Waals surface area contributed by atoms with Crippen molar-refractivity contribution in [1.82, 2.24) is 0 Å². The summed E-state index contributed by atoms with van der Waals surface area (Å²) in [5, 5.41) is 8.80. The van der Waals surface area contributed by atoms with Gasteiger partial charge in [-0.1, -0.05) is 19.8 Å². The molecule has 0 bridgehead atoms. The lowest BCUT2D eigenvalue weighted by molar-refractivity contribution is -0.873. The van der Waals surface area contributed by atoms with Crippen LogP contribution in [0.15, 0.2) is 0 Å². The Hall–Kier alpha value is -0.610. The quantitative estimate of drug-likeness (QED) is 0.486. The molecule has 0 aromatic heterocycles. The summed E-state index contributed by atoms with van der Waals surface area (Å²) in [5.74, 6) is -0.783. The molecule has 16 heavy (non-hydrogen) atoms. The molecule has 0 spiro atoms. The van der Waals surface area contributed by atoms with Gasteiger partial charge in [0.15, 0.2) is 0 Å². The molecule has 4 nitrogen and oxygen atoms in total. The molecule has 0 aromatic carbocycles. The Balaban J connectivity index is 3.96. The fourth-order valence-electron chi connectivity index (χ4n) is 1.58. The lowest BCUT2D eigenvalue weighted by atomic mass is 10.2. The van der Waals surface area contributed by atoms with Crippen LogP contribution >= 0.6 is 0 Å². The van der Waals surface area contributed by atoms with Gasteiger partial charge in [0.2, 0.25) is 0 Å². The zero-order chi connectivity index (χ0) is 12.6. The van der Waals surface area contributed by atoms with E-state index in [0.717, 1.165) is 30.3 Å². The highest BCUT2D eigenvalue weighted by Gasteiger charge is 2.21. The number of aliphatic carboxylic acids is 1. The number of rotatable bonds is 9. The number of quaternary nitrogens is 1. The molecule has 0 aliphatic rings. The molecular weight excluding hydrogens is 206 g/mol. The Kier molecular flexibility index (Phi) is 7.34. The Morgan fingerprint density at radius 3 is 2.38 bits per heavy atom. The zero-order valence-corrected chi connectivity index (χ0v) is 11.0. The van der Waals surface area contributed by atoms with Crippen LogP contribution < -0.4 is 0 Å². The largest absolute Gasteiger partial charge is 0.481 e. The average molecular weight is 232 g/mol. The fourth-order valence-corrected chi connectivity index (χ4v) is 1.58. The van der Waals surface area contributed by atoms with E-state index in [0.29, 0.717) is 6.61 Å². The van der Waals surface area contributed by atoms with Gasteiger partial charge in [0.1, 0.15) is 12.6 Å². The minimum Gasteiger partial charge on any atom is -0.481 e. The lowest BCUT2D eigenvalue weighted by Crippen LogP contribution is -2.43. The highest BCUT2D eigenvalue weighted by atomic mass is 16.5. The standard InChI is InChI=1S/C12H25NO3/c1-5-6-7-8-16-11(9-12(14)15)10-13(2,3)4/h11H,5-10H2,1-4H3/p+1/t11-/m0/s1. The van der Waals surface area contributed by atoms with E-state index < -0.39 is 5.97 Å². The summed E-state index contributed by atoms with van der Waals surface area (Å²) in [6.07, 6.45) is 3.24. The molecule has 0 radical (unpaired) electrons. The number of ether oxygens (including phenoxy) is 1. The second-order valence-electron chi connectivity index (χ2n) is 5.27. The number of carboxylic acids is 1. The predicted molar refractivity (Wildman–Crippen MR) is 64.4 cm³/mol. The summed E-state index contributed by atoms with van der Waals surface area (Å²) in [4.78, 5) is 10.7.